The van der Waals surface area contributed by atoms with E-state index >= 15 is 0 Å². The van der Waals surface area contributed by atoms with E-state index in [0.717, 1.165) is 57.8 Å². The topological polar surface area (TPSA) is 228 Å². The fourth-order valence-electron chi connectivity index (χ4n) is 11.9. The highest BCUT2D eigenvalue weighted by molar-refractivity contribution is 5.76. The molecule has 2 aliphatic heterocycles. The van der Waals surface area contributed by atoms with E-state index < -0.39 is 86.8 Å². The third-order valence-corrected chi connectivity index (χ3v) is 17.8. The van der Waals surface area contributed by atoms with E-state index in [1.165, 1.54) is 218 Å². The van der Waals surface area contributed by atoms with Gasteiger partial charge in [-0.2, -0.15) is 0 Å². The Bertz CT molecular complexity index is 1790. The number of amides is 1. The van der Waals surface area contributed by atoms with Crippen LogP contribution in [0.3, 0.4) is 0 Å². The zero-order valence-electron chi connectivity index (χ0n) is 57.1. The molecule has 0 aliphatic carbocycles. The Labute approximate surface area is 548 Å². The predicted octanol–water partition coefficient (Wildman–Crippen LogP) is 15.8. The molecular formula is C76H137NO13. The maximum absolute atomic E-state index is 13.3. The van der Waals surface area contributed by atoms with Gasteiger partial charge in [0.05, 0.1) is 32.0 Å². The van der Waals surface area contributed by atoms with Gasteiger partial charge in [0.15, 0.2) is 12.6 Å². The smallest absolute Gasteiger partial charge is 0.220 e. The van der Waals surface area contributed by atoms with Crippen molar-refractivity contribution in [2.24, 2.45) is 0 Å². The van der Waals surface area contributed by atoms with Crippen molar-refractivity contribution in [3.05, 3.63) is 72.9 Å². The van der Waals surface area contributed by atoms with Crippen molar-refractivity contribution < 1.29 is 64.6 Å². The second-order valence-electron chi connectivity index (χ2n) is 26.1. The van der Waals surface area contributed by atoms with E-state index in [-0.39, 0.29) is 18.9 Å². The van der Waals surface area contributed by atoms with Crippen LogP contribution in [0.2, 0.25) is 0 Å². The van der Waals surface area contributed by atoms with Crippen molar-refractivity contribution in [1.82, 2.24) is 5.32 Å². The number of allylic oxidation sites excluding steroid dienone is 11. The average Bonchev–Trinajstić information content (AvgIpc) is 1.42. The van der Waals surface area contributed by atoms with Crippen LogP contribution in [-0.4, -0.2) is 140 Å². The number of aliphatic hydroxyl groups is 8. The first kappa shape index (κ1) is 83.5. The van der Waals surface area contributed by atoms with Crippen molar-refractivity contribution >= 4 is 5.91 Å². The summed E-state index contributed by atoms with van der Waals surface area (Å²) in [6, 6.07) is -0.942. The van der Waals surface area contributed by atoms with Crippen LogP contribution < -0.4 is 5.32 Å². The summed E-state index contributed by atoms with van der Waals surface area (Å²) in [7, 11) is 0. The normalized spacial score (nSPS) is 23.3. The number of hydrogen-bond acceptors (Lipinski definition) is 13. The maximum Gasteiger partial charge on any atom is 0.220 e. The second kappa shape index (κ2) is 60.1. The number of carbonyl (C=O) groups excluding carboxylic acids is 1. The van der Waals surface area contributed by atoms with Crippen LogP contribution in [0.5, 0.6) is 0 Å². The third kappa shape index (κ3) is 43.4. The molecule has 0 bridgehead atoms. The molecule has 14 heteroatoms. The minimum Gasteiger partial charge on any atom is -0.394 e. The van der Waals surface area contributed by atoms with Gasteiger partial charge in [0.25, 0.3) is 0 Å². The summed E-state index contributed by atoms with van der Waals surface area (Å²) >= 11 is 0. The van der Waals surface area contributed by atoms with Crippen molar-refractivity contribution in [2.45, 2.75) is 383 Å². The Morgan fingerprint density at radius 2 is 0.744 bits per heavy atom. The molecule has 1 amide bonds. The summed E-state index contributed by atoms with van der Waals surface area (Å²) < 4.78 is 22.9. The summed E-state index contributed by atoms with van der Waals surface area (Å²) in [5.41, 5.74) is 0. The zero-order chi connectivity index (χ0) is 65.2. The molecule has 0 aromatic heterocycles. The molecule has 12 atom stereocenters. The highest BCUT2D eigenvalue weighted by atomic mass is 16.7. The molecule has 524 valence electrons. The molecule has 90 heavy (non-hydrogen) atoms. The summed E-state index contributed by atoms with van der Waals surface area (Å²) in [6.07, 6.45) is 65.4. The third-order valence-electron chi connectivity index (χ3n) is 17.8. The number of nitrogens with one attached hydrogen (secondary N) is 1. The van der Waals surface area contributed by atoms with Gasteiger partial charge in [-0.3, -0.25) is 4.79 Å². The van der Waals surface area contributed by atoms with Gasteiger partial charge in [-0.25, -0.2) is 0 Å². The predicted molar refractivity (Wildman–Crippen MR) is 369 cm³/mol. The molecule has 14 nitrogen and oxygen atoms in total. The monoisotopic (exact) mass is 1270 g/mol. The molecule has 0 aromatic carbocycles. The molecule has 2 heterocycles. The van der Waals surface area contributed by atoms with Crippen molar-refractivity contribution in [2.75, 3.05) is 19.8 Å². The van der Waals surface area contributed by atoms with E-state index in [1.54, 1.807) is 6.08 Å². The van der Waals surface area contributed by atoms with Crippen molar-refractivity contribution in [3.8, 4) is 0 Å². The summed E-state index contributed by atoms with van der Waals surface area (Å²) in [5, 5.41) is 87.5. The van der Waals surface area contributed by atoms with Gasteiger partial charge in [-0.1, -0.05) is 292 Å². The number of aliphatic hydroxyl groups excluding tert-OH is 8. The van der Waals surface area contributed by atoms with Gasteiger partial charge in [0.2, 0.25) is 5.91 Å². The van der Waals surface area contributed by atoms with E-state index in [2.05, 4.69) is 79.9 Å². The molecule has 2 saturated heterocycles. The van der Waals surface area contributed by atoms with E-state index in [0.29, 0.717) is 12.8 Å². The van der Waals surface area contributed by atoms with Crippen LogP contribution in [-0.2, 0) is 23.7 Å². The first-order chi connectivity index (χ1) is 44.1. The Morgan fingerprint density at radius 1 is 0.400 bits per heavy atom. The Morgan fingerprint density at radius 3 is 1.17 bits per heavy atom. The lowest BCUT2D eigenvalue weighted by molar-refractivity contribution is -0.359. The number of carbonyl (C=O) groups is 1. The Hall–Kier alpha value is -2.57. The molecule has 2 aliphatic rings. The average molecular weight is 1270 g/mol. The number of rotatable bonds is 61. The van der Waals surface area contributed by atoms with Gasteiger partial charge in [0, 0.05) is 6.42 Å². The van der Waals surface area contributed by atoms with Crippen LogP contribution in [0.4, 0.5) is 0 Å². The first-order valence-corrected chi connectivity index (χ1v) is 37.2. The largest absolute Gasteiger partial charge is 0.394 e. The van der Waals surface area contributed by atoms with Gasteiger partial charge in [-0.05, 0) is 83.5 Å². The SMILES string of the molecule is CCCCCCC/C=C\C/C=C\C/C=C\CCCCCCCCCCCCCCCCCCC(=O)NC(COC1OC(CO)C(OC2OC(CO)C(O)C(O)C2O)C(O)C1O)C(O)/C=C/CC/C=C/CC/C=C/CCCCCCCCCCCCCCCCC. The van der Waals surface area contributed by atoms with Crippen molar-refractivity contribution in [1.29, 1.82) is 0 Å². The molecule has 12 unspecified atom stereocenters. The molecule has 0 aromatic rings. The molecule has 0 spiro atoms. The van der Waals surface area contributed by atoms with Gasteiger partial charge < -0.3 is 65.1 Å². The number of hydrogen-bond donors (Lipinski definition) is 9. The van der Waals surface area contributed by atoms with Gasteiger partial charge in [-0.15, -0.1) is 0 Å². The summed E-state index contributed by atoms with van der Waals surface area (Å²) in [4.78, 5) is 13.3. The highest BCUT2D eigenvalue weighted by Gasteiger charge is 2.51. The number of ether oxygens (including phenoxy) is 4. The van der Waals surface area contributed by atoms with Crippen LogP contribution in [0.15, 0.2) is 72.9 Å². The minimum absolute atomic E-state index is 0.251. The lowest BCUT2D eigenvalue weighted by atomic mass is 9.97. The fourth-order valence-corrected chi connectivity index (χ4v) is 11.9. The van der Waals surface area contributed by atoms with Crippen LogP contribution >= 0.6 is 0 Å². The molecule has 9 N–H and O–H groups in total. The second-order valence-corrected chi connectivity index (χ2v) is 26.1. The van der Waals surface area contributed by atoms with Crippen LogP contribution in [0.25, 0.3) is 0 Å². The van der Waals surface area contributed by atoms with E-state index in [9.17, 15) is 45.6 Å². The Balaban J connectivity index is 1.67. The minimum atomic E-state index is -1.80. The lowest BCUT2D eigenvalue weighted by Gasteiger charge is -2.46. The summed E-state index contributed by atoms with van der Waals surface area (Å²) in [6.45, 7) is 2.80. The van der Waals surface area contributed by atoms with Crippen LogP contribution in [0, 0.1) is 0 Å². The molecule has 2 fully saturated rings. The lowest BCUT2D eigenvalue weighted by Crippen LogP contribution is -2.65. The first-order valence-electron chi connectivity index (χ1n) is 37.2. The molecular weight excluding hydrogens is 1130 g/mol. The van der Waals surface area contributed by atoms with Crippen LogP contribution in [0.1, 0.15) is 309 Å². The van der Waals surface area contributed by atoms with Crippen molar-refractivity contribution in [3.63, 3.8) is 0 Å². The zero-order valence-corrected chi connectivity index (χ0v) is 57.1. The fraction of sp³-hybridized carbons (Fsp3) is 0.829. The van der Waals surface area contributed by atoms with Gasteiger partial charge in [0.1, 0.15) is 48.8 Å². The molecule has 0 saturated carbocycles. The van der Waals surface area contributed by atoms with Gasteiger partial charge >= 0.3 is 0 Å². The quantitative estimate of drug-likeness (QED) is 0.0204. The Kier molecular flexibility index (Phi) is 55.8. The molecule has 0 radical (unpaired) electrons. The molecule has 2 rings (SSSR count). The summed E-state index contributed by atoms with van der Waals surface area (Å²) in [5.74, 6) is -0.251. The van der Waals surface area contributed by atoms with E-state index in [4.69, 9.17) is 18.9 Å². The standard InChI is InChI=1S/C76H137NO13/c1-3-5-7-9-11-13-15-17-19-21-23-25-27-29-30-31-32-33-34-36-38-40-42-44-46-48-50-52-54-56-58-60-68(81)77-64(63-87-75-73(86)71(84)74(67(62-79)89-75)90-76-72(85)70(83)69(82)66(61-78)88-76)65(80)59-57-55-53-51-49-47-45-43-41-39-37-35-28-26-24-22-20-18-16-14-12-10-8-6-4-2/h15,17,21,23,27,29,41,43,49,51,57,59,64-67,69-76,78-80,82-86H,3-14,16,18-20,22,24-26,28,30-40,42,44-48,50,52-56,58,60-63H2,1-2H3,(H,77,81)/b17-15-,23-21-,29-27-,43-41+,51-49+,59-57+. The van der Waals surface area contributed by atoms with E-state index in [1.807, 2.05) is 6.08 Å². The maximum atomic E-state index is 13.3. The number of unbranched alkanes of at least 4 members (excludes halogenated alkanes) is 38. The highest BCUT2D eigenvalue weighted by Crippen LogP contribution is 2.30.